The molecule has 6 heteroatoms. The molecule has 2 N–H and O–H groups in total. The van der Waals surface area contributed by atoms with Gasteiger partial charge in [-0.3, -0.25) is 4.79 Å². The van der Waals surface area contributed by atoms with Crippen LogP contribution in [0.4, 0.5) is 4.79 Å². The van der Waals surface area contributed by atoms with Gasteiger partial charge in [0.25, 0.3) is 0 Å². The Bertz CT molecular complexity index is 372. The van der Waals surface area contributed by atoms with E-state index < -0.39 is 17.7 Å². The molecule has 0 aliphatic carbocycles. The lowest BCUT2D eigenvalue weighted by molar-refractivity contribution is -0.131. The normalized spacial score (nSPS) is 24.9. The van der Waals surface area contributed by atoms with Crippen LogP contribution >= 0.6 is 0 Å². The third-order valence-corrected chi connectivity index (χ3v) is 3.68. The van der Waals surface area contributed by atoms with Gasteiger partial charge in [-0.2, -0.15) is 0 Å². The monoisotopic (exact) mass is 283 g/mol. The molecule has 0 aromatic heterocycles. The molecule has 0 saturated carbocycles. The van der Waals surface area contributed by atoms with Gasteiger partial charge in [0.1, 0.15) is 11.6 Å². The number of ether oxygens (including phenoxy) is 1. The zero-order chi connectivity index (χ0) is 14.8. The third kappa shape index (κ3) is 3.85. The number of likely N-dealkylation sites (tertiary alicyclic amines) is 1. The fourth-order valence-electron chi connectivity index (χ4n) is 2.77. The molecule has 2 rings (SSSR count). The Balaban J connectivity index is 1.86. The Hall–Kier alpha value is -1.30. The zero-order valence-electron chi connectivity index (χ0n) is 12.6. The number of nitrogens with one attached hydrogen (secondary N) is 2. The van der Waals surface area contributed by atoms with Crippen molar-refractivity contribution in [3.05, 3.63) is 0 Å². The smallest absolute Gasteiger partial charge is 0.408 e. The van der Waals surface area contributed by atoms with Gasteiger partial charge >= 0.3 is 6.09 Å². The first kappa shape index (κ1) is 15.1. The lowest BCUT2D eigenvalue weighted by Gasteiger charge is -2.31. The quantitative estimate of drug-likeness (QED) is 0.788. The van der Waals surface area contributed by atoms with Gasteiger partial charge in [-0.1, -0.05) is 0 Å². The maximum Gasteiger partial charge on any atom is 0.408 e. The molecule has 2 amide bonds. The number of rotatable bonds is 2. The zero-order valence-corrected chi connectivity index (χ0v) is 12.6. The summed E-state index contributed by atoms with van der Waals surface area (Å²) in [4.78, 5) is 26.0. The van der Waals surface area contributed by atoms with E-state index in [9.17, 15) is 9.59 Å². The Labute approximate surface area is 120 Å². The molecule has 2 saturated heterocycles. The number of hydrogen-bond donors (Lipinski definition) is 2. The van der Waals surface area contributed by atoms with Gasteiger partial charge in [-0.15, -0.1) is 0 Å². The minimum atomic E-state index is -0.541. The van der Waals surface area contributed by atoms with Crippen LogP contribution in [0, 0.1) is 0 Å². The Morgan fingerprint density at radius 3 is 2.55 bits per heavy atom. The summed E-state index contributed by atoms with van der Waals surface area (Å²) < 4.78 is 5.20. The highest BCUT2D eigenvalue weighted by Gasteiger charge is 2.37. The average Bonchev–Trinajstić information content (AvgIpc) is 2.70. The van der Waals surface area contributed by atoms with Crippen LogP contribution in [-0.4, -0.2) is 54.2 Å². The van der Waals surface area contributed by atoms with E-state index >= 15 is 0 Å². The van der Waals surface area contributed by atoms with Crippen molar-refractivity contribution >= 4 is 12.0 Å². The van der Waals surface area contributed by atoms with Crippen LogP contribution in [0.5, 0.6) is 0 Å². The minimum absolute atomic E-state index is 0.0303. The number of carbonyl (C=O) groups is 2. The summed E-state index contributed by atoms with van der Waals surface area (Å²) >= 11 is 0. The van der Waals surface area contributed by atoms with Gasteiger partial charge < -0.3 is 20.3 Å². The largest absolute Gasteiger partial charge is 0.444 e. The lowest BCUT2D eigenvalue weighted by atomic mass is 10.1. The summed E-state index contributed by atoms with van der Waals surface area (Å²) in [6.45, 7) is 8.07. The summed E-state index contributed by atoms with van der Waals surface area (Å²) in [7, 11) is 0. The van der Waals surface area contributed by atoms with Crippen molar-refractivity contribution in [2.45, 2.75) is 57.7 Å². The van der Waals surface area contributed by atoms with E-state index in [1.807, 2.05) is 25.7 Å². The summed E-state index contributed by atoms with van der Waals surface area (Å²) in [5, 5.41) is 5.98. The van der Waals surface area contributed by atoms with Crippen molar-refractivity contribution in [1.82, 2.24) is 15.5 Å². The van der Waals surface area contributed by atoms with Crippen molar-refractivity contribution in [3.8, 4) is 0 Å². The van der Waals surface area contributed by atoms with Crippen LogP contribution in [-0.2, 0) is 9.53 Å². The van der Waals surface area contributed by atoms with Gasteiger partial charge in [-0.05, 0) is 53.1 Å². The van der Waals surface area contributed by atoms with Crippen molar-refractivity contribution in [2.24, 2.45) is 0 Å². The number of nitrogens with zero attached hydrogens (tertiary/aromatic N) is 1. The van der Waals surface area contributed by atoms with E-state index in [0.29, 0.717) is 12.5 Å². The number of hydrogen-bond acceptors (Lipinski definition) is 4. The Morgan fingerprint density at radius 1 is 1.30 bits per heavy atom. The Kier molecular flexibility index (Phi) is 4.52. The van der Waals surface area contributed by atoms with Crippen LogP contribution < -0.4 is 10.6 Å². The van der Waals surface area contributed by atoms with Gasteiger partial charge in [0.15, 0.2) is 0 Å². The van der Waals surface area contributed by atoms with Crippen LogP contribution in [0.2, 0.25) is 0 Å². The fraction of sp³-hybridized carbons (Fsp3) is 0.857. The van der Waals surface area contributed by atoms with E-state index in [0.717, 1.165) is 32.5 Å². The molecular formula is C14H25N3O3. The molecule has 0 radical (unpaired) electrons. The molecule has 20 heavy (non-hydrogen) atoms. The summed E-state index contributed by atoms with van der Waals surface area (Å²) in [6, 6.07) is -0.117. The number of amides is 2. The molecule has 1 atom stereocenters. The van der Waals surface area contributed by atoms with Gasteiger partial charge in [-0.25, -0.2) is 4.79 Å². The highest BCUT2D eigenvalue weighted by atomic mass is 16.6. The first-order valence-electron chi connectivity index (χ1n) is 7.37. The molecule has 2 aliphatic rings. The minimum Gasteiger partial charge on any atom is -0.444 e. The van der Waals surface area contributed by atoms with E-state index in [1.54, 1.807) is 0 Å². The molecule has 0 aromatic carbocycles. The van der Waals surface area contributed by atoms with E-state index in [4.69, 9.17) is 4.74 Å². The molecule has 2 fully saturated rings. The van der Waals surface area contributed by atoms with Crippen molar-refractivity contribution in [2.75, 3.05) is 19.6 Å². The first-order chi connectivity index (χ1) is 9.37. The summed E-state index contributed by atoms with van der Waals surface area (Å²) in [6.07, 6.45) is 2.14. The number of alkyl carbamates (subject to hydrolysis) is 1. The first-order valence-corrected chi connectivity index (χ1v) is 7.37. The molecular weight excluding hydrogens is 258 g/mol. The van der Waals surface area contributed by atoms with Crippen LogP contribution in [0.15, 0.2) is 0 Å². The second-order valence-corrected chi connectivity index (χ2v) is 6.50. The van der Waals surface area contributed by atoms with E-state index in [1.165, 1.54) is 0 Å². The number of piperidine rings is 1. The standard InChI is InChI=1S/C14H25N3O3/c1-14(2,3)20-13(19)16-11-6-9-17(12(11)18)10-4-7-15-8-5-10/h10-11,15H,4-9H2,1-3H3,(H,16,19). The Morgan fingerprint density at radius 2 is 1.95 bits per heavy atom. The average molecular weight is 283 g/mol. The van der Waals surface area contributed by atoms with E-state index in [-0.39, 0.29) is 5.91 Å². The van der Waals surface area contributed by atoms with Crippen molar-refractivity contribution in [3.63, 3.8) is 0 Å². The van der Waals surface area contributed by atoms with Crippen LogP contribution in [0.1, 0.15) is 40.0 Å². The highest BCUT2D eigenvalue weighted by Crippen LogP contribution is 2.20. The van der Waals surface area contributed by atoms with Crippen LogP contribution in [0.25, 0.3) is 0 Å². The summed E-state index contributed by atoms with van der Waals surface area (Å²) in [5.74, 6) is 0.0303. The SMILES string of the molecule is CC(C)(C)OC(=O)NC1CCN(C2CCNCC2)C1=O. The molecule has 6 nitrogen and oxygen atoms in total. The predicted octanol–water partition coefficient (Wildman–Crippen LogP) is 0.864. The predicted molar refractivity (Wildman–Crippen MR) is 75.4 cm³/mol. The van der Waals surface area contributed by atoms with Gasteiger partial charge in [0.2, 0.25) is 5.91 Å². The molecule has 2 aliphatic heterocycles. The lowest BCUT2D eigenvalue weighted by Crippen LogP contribution is -2.48. The molecule has 0 bridgehead atoms. The maximum atomic E-state index is 12.3. The molecule has 2 heterocycles. The molecule has 0 spiro atoms. The highest BCUT2D eigenvalue weighted by molar-refractivity contribution is 5.87. The van der Waals surface area contributed by atoms with Crippen LogP contribution in [0.3, 0.4) is 0 Å². The topological polar surface area (TPSA) is 70.7 Å². The van der Waals surface area contributed by atoms with Crippen molar-refractivity contribution in [1.29, 1.82) is 0 Å². The third-order valence-electron chi connectivity index (χ3n) is 3.68. The maximum absolute atomic E-state index is 12.3. The fourth-order valence-corrected chi connectivity index (χ4v) is 2.77. The second-order valence-electron chi connectivity index (χ2n) is 6.50. The van der Waals surface area contributed by atoms with E-state index in [2.05, 4.69) is 10.6 Å². The molecule has 1 unspecified atom stereocenters. The summed E-state index contributed by atoms with van der Waals surface area (Å²) in [5.41, 5.74) is -0.541. The molecule has 114 valence electrons. The van der Waals surface area contributed by atoms with Gasteiger partial charge in [0.05, 0.1) is 0 Å². The van der Waals surface area contributed by atoms with Gasteiger partial charge in [0, 0.05) is 12.6 Å². The van der Waals surface area contributed by atoms with Crippen molar-refractivity contribution < 1.29 is 14.3 Å². The second kappa shape index (κ2) is 5.99. The molecule has 0 aromatic rings. The number of carbonyl (C=O) groups excluding carboxylic acids is 2.